The van der Waals surface area contributed by atoms with E-state index in [4.69, 9.17) is 28.2 Å². The topological polar surface area (TPSA) is 36.4 Å². The van der Waals surface area contributed by atoms with Crippen molar-refractivity contribution >= 4 is 40.4 Å². The largest absolute Gasteiger partial charge is 0.337 e. The molecule has 0 saturated carbocycles. The molecule has 0 N–H and O–H groups in total. The van der Waals surface area contributed by atoms with E-state index in [0.717, 1.165) is 53.9 Å². The molecule has 1 aliphatic heterocycles. The van der Waals surface area contributed by atoms with Crippen LogP contribution in [0.4, 0.5) is 0 Å². The van der Waals surface area contributed by atoms with Gasteiger partial charge in [-0.25, -0.2) is 4.98 Å². The van der Waals surface area contributed by atoms with Crippen molar-refractivity contribution in [3.63, 3.8) is 0 Å². The fourth-order valence-electron chi connectivity index (χ4n) is 3.50. The summed E-state index contributed by atoms with van der Waals surface area (Å²) in [4.78, 5) is 21.9. The zero-order valence-electron chi connectivity index (χ0n) is 15.9. The summed E-state index contributed by atoms with van der Waals surface area (Å²) in [6.45, 7) is 3.95. The molecule has 0 radical (unpaired) electrons. The Balaban J connectivity index is 1.39. The van der Waals surface area contributed by atoms with Crippen LogP contribution >= 0.6 is 34.5 Å². The Morgan fingerprint density at radius 3 is 2.52 bits per heavy atom. The Labute approximate surface area is 184 Å². The fourth-order valence-corrected chi connectivity index (χ4v) is 4.85. The van der Waals surface area contributed by atoms with Crippen molar-refractivity contribution in [2.45, 2.75) is 13.0 Å². The van der Waals surface area contributed by atoms with E-state index in [1.165, 1.54) is 0 Å². The molecule has 0 unspecified atom stereocenters. The van der Waals surface area contributed by atoms with Crippen LogP contribution in [0.3, 0.4) is 0 Å². The molecule has 1 amide bonds. The van der Waals surface area contributed by atoms with E-state index < -0.39 is 0 Å². The van der Waals surface area contributed by atoms with E-state index in [0.29, 0.717) is 17.1 Å². The highest BCUT2D eigenvalue weighted by Gasteiger charge is 2.22. The first-order chi connectivity index (χ1) is 14.1. The number of amides is 1. The smallest absolute Gasteiger partial charge is 0.255 e. The first kappa shape index (κ1) is 20.4. The third-order valence-corrected chi connectivity index (χ3v) is 6.61. The lowest BCUT2D eigenvalue weighted by atomic mass is 10.2. The van der Waals surface area contributed by atoms with Crippen molar-refractivity contribution in [2.75, 3.05) is 26.2 Å². The van der Waals surface area contributed by atoms with Gasteiger partial charge in [-0.1, -0.05) is 53.5 Å². The summed E-state index contributed by atoms with van der Waals surface area (Å²) in [6, 6.07) is 15.0. The molecule has 0 bridgehead atoms. The van der Waals surface area contributed by atoms with Gasteiger partial charge in [0.05, 0.1) is 21.3 Å². The van der Waals surface area contributed by atoms with Gasteiger partial charge in [0.15, 0.2) is 0 Å². The number of halogens is 2. The minimum atomic E-state index is 0.00659. The maximum absolute atomic E-state index is 12.8. The molecule has 3 aromatic rings. The van der Waals surface area contributed by atoms with Gasteiger partial charge >= 0.3 is 0 Å². The molecule has 0 aliphatic carbocycles. The number of rotatable bonds is 4. The van der Waals surface area contributed by atoms with Gasteiger partial charge in [-0.2, -0.15) is 0 Å². The quantitative estimate of drug-likeness (QED) is 0.534. The molecule has 4 rings (SSSR count). The Morgan fingerprint density at radius 1 is 0.966 bits per heavy atom. The molecule has 0 spiro atoms. The van der Waals surface area contributed by atoms with Crippen molar-refractivity contribution in [3.05, 3.63) is 75.2 Å². The summed E-state index contributed by atoms with van der Waals surface area (Å²) in [6.07, 6.45) is 0.928. The number of thiazole rings is 1. The third-order valence-electron chi connectivity index (χ3n) is 5.02. The van der Waals surface area contributed by atoms with Crippen LogP contribution in [0.15, 0.2) is 53.9 Å². The fraction of sp³-hybridized carbons (Fsp3) is 0.273. The second kappa shape index (κ2) is 9.26. The second-order valence-corrected chi connectivity index (χ2v) is 8.70. The maximum Gasteiger partial charge on any atom is 0.255 e. The van der Waals surface area contributed by atoms with Gasteiger partial charge in [0.25, 0.3) is 5.91 Å². The van der Waals surface area contributed by atoms with Crippen LogP contribution in [0, 0.1) is 0 Å². The highest BCUT2D eigenvalue weighted by Crippen LogP contribution is 2.30. The molecule has 29 heavy (non-hydrogen) atoms. The summed E-state index contributed by atoms with van der Waals surface area (Å²) in [7, 11) is 0. The molecule has 4 nitrogen and oxygen atoms in total. The number of nitrogens with zero attached hydrogens (tertiary/aromatic N) is 3. The van der Waals surface area contributed by atoms with Crippen molar-refractivity contribution in [1.29, 1.82) is 0 Å². The number of carbonyl (C=O) groups excluding carboxylic acids is 1. The molecule has 7 heteroatoms. The summed E-state index contributed by atoms with van der Waals surface area (Å²) >= 11 is 14.1. The van der Waals surface area contributed by atoms with E-state index in [1.54, 1.807) is 23.5 Å². The number of hydrogen-bond acceptors (Lipinski definition) is 4. The summed E-state index contributed by atoms with van der Waals surface area (Å²) in [5.74, 6) is 0.00659. The molecule has 2 aromatic carbocycles. The number of benzene rings is 2. The van der Waals surface area contributed by atoms with E-state index in [1.807, 2.05) is 41.3 Å². The first-order valence-electron chi connectivity index (χ1n) is 9.57. The molecular formula is C22H21Cl2N3OS. The molecule has 2 heterocycles. The predicted octanol–water partition coefficient (Wildman–Crippen LogP) is 5.47. The van der Waals surface area contributed by atoms with Crippen LogP contribution < -0.4 is 0 Å². The van der Waals surface area contributed by atoms with Crippen molar-refractivity contribution < 1.29 is 4.79 Å². The standard InChI is InChI=1S/C22H21Cl2N3OS/c23-19-8-3-1-6-17(19)21-25-16(15-29-21)14-26-10-5-11-27(13-12-26)22(28)18-7-2-4-9-20(18)24/h1-4,6-9,15H,5,10-14H2. The van der Waals surface area contributed by atoms with Crippen LogP contribution in [-0.4, -0.2) is 46.9 Å². The van der Waals surface area contributed by atoms with E-state index in [9.17, 15) is 4.79 Å². The van der Waals surface area contributed by atoms with Gasteiger partial charge < -0.3 is 4.90 Å². The van der Waals surface area contributed by atoms with Crippen molar-refractivity contribution in [3.8, 4) is 10.6 Å². The van der Waals surface area contributed by atoms with Crippen LogP contribution in [-0.2, 0) is 6.54 Å². The Morgan fingerprint density at radius 2 is 1.72 bits per heavy atom. The van der Waals surface area contributed by atoms with Gasteiger partial charge in [0.1, 0.15) is 5.01 Å². The number of carbonyl (C=O) groups is 1. The Kier molecular flexibility index (Phi) is 6.50. The second-order valence-electron chi connectivity index (χ2n) is 7.03. The van der Waals surface area contributed by atoms with E-state index in [2.05, 4.69) is 10.3 Å². The minimum Gasteiger partial charge on any atom is -0.337 e. The lowest BCUT2D eigenvalue weighted by Crippen LogP contribution is -2.35. The zero-order valence-corrected chi connectivity index (χ0v) is 18.2. The Bertz CT molecular complexity index is 1010. The maximum atomic E-state index is 12.8. The first-order valence-corrected chi connectivity index (χ1v) is 11.2. The number of aromatic nitrogens is 1. The van der Waals surface area contributed by atoms with E-state index in [-0.39, 0.29) is 5.91 Å². The van der Waals surface area contributed by atoms with Gasteiger partial charge in [-0.15, -0.1) is 11.3 Å². The van der Waals surface area contributed by atoms with Gasteiger partial charge in [0, 0.05) is 43.7 Å². The monoisotopic (exact) mass is 445 g/mol. The summed E-state index contributed by atoms with van der Waals surface area (Å²) < 4.78 is 0. The zero-order chi connectivity index (χ0) is 20.2. The summed E-state index contributed by atoms with van der Waals surface area (Å²) in [5, 5.41) is 4.26. The lowest BCUT2D eigenvalue weighted by Gasteiger charge is -2.22. The van der Waals surface area contributed by atoms with Crippen LogP contribution in [0.5, 0.6) is 0 Å². The van der Waals surface area contributed by atoms with Crippen molar-refractivity contribution in [1.82, 2.24) is 14.8 Å². The van der Waals surface area contributed by atoms with Gasteiger partial charge in [0.2, 0.25) is 0 Å². The highest BCUT2D eigenvalue weighted by molar-refractivity contribution is 7.13. The normalized spacial score (nSPS) is 15.3. The molecule has 1 aromatic heterocycles. The number of hydrogen-bond donors (Lipinski definition) is 0. The van der Waals surface area contributed by atoms with Gasteiger partial charge in [-0.05, 0) is 24.6 Å². The van der Waals surface area contributed by atoms with Crippen LogP contribution in [0.1, 0.15) is 22.5 Å². The van der Waals surface area contributed by atoms with Gasteiger partial charge in [-0.3, -0.25) is 9.69 Å². The minimum absolute atomic E-state index is 0.00659. The average Bonchev–Trinajstić information content (AvgIpc) is 3.05. The van der Waals surface area contributed by atoms with Crippen molar-refractivity contribution in [2.24, 2.45) is 0 Å². The van der Waals surface area contributed by atoms with E-state index >= 15 is 0 Å². The molecule has 1 saturated heterocycles. The molecule has 1 fully saturated rings. The van der Waals surface area contributed by atoms with Crippen LogP contribution in [0.2, 0.25) is 10.0 Å². The molecule has 0 atom stereocenters. The molecule has 1 aliphatic rings. The van der Waals surface area contributed by atoms with Crippen LogP contribution in [0.25, 0.3) is 10.6 Å². The highest BCUT2D eigenvalue weighted by atomic mass is 35.5. The predicted molar refractivity (Wildman–Crippen MR) is 120 cm³/mol. The average molecular weight is 446 g/mol. The Hall–Kier alpha value is -1.92. The SMILES string of the molecule is O=C(c1ccccc1Cl)N1CCCN(Cc2csc(-c3ccccc3Cl)n2)CC1. The third kappa shape index (κ3) is 4.81. The molecular weight excluding hydrogens is 425 g/mol. The summed E-state index contributed by atoms with van der Waals surface area (Å²) in [5.41, 5.74) is 2.58. The lowest BCUT2D eigenvalue weighted by molar-refractivity contribution is 0.0761. The molecule has 150 valence electrons.